The van der Waals surface area contributed by atoms with Crippen LogP contribution in [-0.4, -0.2) is 35.6 Å². The highest BCUT2D eigenvalue weighted by molar-refractivity contribution is 7.91. The molecule has 0 bridgehead atoms. The molecule has 0 aliphatic carbocycles. The second-order valence-corrected chi connectivity index (χ2v) is 9.72. The zero-order valence-electron chi connectivity index (χ0n) is 14.7. The molecule has 1 aromatic carbocycles. The molecule has 25 heavy (non-hydrogen) atoms. The number of nitrogens with one attached hydrogen (secondary N) is 1. The summed E-state index contributed by atoms with van der Waals surface area (Å²) >= 11 is 0. The molecule has 3 rings (SSSR count). The van der Waals surface area contributed by atoms with Crippen molar-refractivity contribution < 1.29 is 13.2 Å². The average Bonchev–Trinajstić information content (AvgIpc) is 3.11. The van der Waals surface area contributed by atoms with Gasteiger partial charge in [0.1, 0.15) is 5.82 Å². The Labute approximate surface area is 148 Å². The fourth-order valence-electron chi connectivity index (χ4n) is 2.88. The van der Waals surface area contributed by atoms with Gasteiger partial charge in [0.15, 0.2) is 9.84 Å². The lowest BCUT2D eigenvalue weighted by Crippen LogP contribution is -2.20. The van der Waals surface area contributed by atoms with Gasteiger partial charge in [0, 0.05) is 17.0 Å². The number of carbonyl (C=O) groups excluding carboxylic acids is 1. The maximum Gasteiger partial charge on any atom is 0.256 e. The average molecular weight is 361 g/mol. The molecule has 1 aliphatic rings. The predicted octanol–water partition coefficient (Wildman–Crippen LogP) is 2.79. The van der Waals surface area contributed by atoms with Crippen LogP contribution in [-0.2, 0) is 15.3 Å². The highest BCUT2D eigenvalue weighted by Crippen LogP contribution is 2.31. The van der Waals surface area contributed by atoms with E-state index in [2.05, 4.69) is 10.4 Å². The Bertz CT molecular complexity index is 880. The summed E-state index contributed by atoms with van der Waals surface area (Å²) in [6.07, 6.45) is 0.516. The van der Waals surface area contributed by atoms with E-state index in [-0.39, 0.29) is 28.9 Å². The molecule has 1 amide bonds. The van der Waals surface area contributed by atoms with E-state index in [9.17, 15) is 13.2 Å². The fourth-order valence-corrected chi connectivity index (χ4v) is 4.57. The van der Waals surface area contributed by atoms with Gasteiger partial charge in [-0.15, -0.1) is 0 Å². The SMILES string of the molecule is CC(C)(C)c1cc(NC(=O)c2ccccc2)n(C2CCS(=O)(=O)C2)n1. The first-order chi connectivity index (χ1) is 11.7. The molecule has 2 aromatic rings. The largest absolute Gasteiger partial charge is 0.307 e. The number of amides is 1. The van der Waals surface area contributed by atoms with Crippen molar-refractivity contribution in [3.63, 3.8) is 0 Å². The normalized spacial score (nSPS) is 19.7. The first-order valence-electron chi connectivity index (χ1n) is 8.32. The third-order valence-electron chi connectivity index (χ3n) is 4.34. The van der Waals surface area contributed by atoms with E-state index >= 15 is 0 Å². The maximum atomic E-state index is 12.5. The summed E-state index contributed by atoms with van der Waals surface area (Å²) in [5, 5.41) is 7.50. The van der Waals surface area contributed by atoms with Gasteiger partial charge in [-0.05, 0) is 18.6 Å². The molecule has 2 heterocycles. The van der Waals surface area contributed by atoms with Gasteiger partial charge in [0.05, 0.1) is 23.2 Å². The maximum absolute atomic E-state index is 12.5. The Morgan fingerprint density at radius 3 is 2.48 bits per heavy atom. The van der Waals surface area contributed by atoms with Crippen molar-refractivity contribution >= 4 is 21.6 Å². The summed E-state index contributed by atoms with van der Waals surface area (Å²) in [7, 11) is -3.04. The molecular formula is C18H23N3O3S. The Kier molecular flexibility index (Phi) is 4.45. The van der Waals surface area contributed by atoms with Crippen LogP contribution < -0.4 is 5.32 Å². The quantitative estimate of drug-likeness (QED) is 0.911. The third kappa shape index (κ3) is 3.92. The second-order valence-electron chi connectivity index (χ2n) is 7.49. The molecule has 1 fully saturated rings. The van der Waals surface area contributed by atoms with Crippen LogP contribution in [0.1, 0.15) is 49.3 Å². The van der Waals surface area contributed by atoms with Gasteiger partial charge in [-0.3, -0.25) is 4.79 Å². The molecule has 1 atom stereocenters. The molecule has 1 aromatic heterocycles. The summed E-state index contributed by atoms with van der Waals surface area (Å²) in [6.45, 7) is 6.11. The van der Waals surface area contributed by atoms with Crippen molar-refractivity contribution in [3.8, 4) is 0 Å². The van der Waals surface area contributed by atoms with E-state index in [1.165, 1.54) is 0 Å². The van der Waals surface area contributed by atoms with Crippen molar-refractivity contribution in [1.29, 1.82) is 0 Å². The van der Waals surface area contributed by atoms with E-state index in [1.54, 1.807) is 28.9 Å². The molecule has 0 radical (unpaired) electrons. The Morgan fingerprint density at radius 2 is 1.92 bits per heavy atom. The number of anilines is 1. The number of benzene rings is 1. The minimum absolute atomic E-state index is 0.0620. The molecule has 0 saturated carbocycles. The van der Waals surface area contributed by atoms with Gasteiger partial charge < -0.3 is 5.32 Å². The van der Waals surface area contributed by atoms with Crippen molar-refractivity contribution in [2.24, 2.45) is 0 Å². The zero-order chi connectivity index (χ0) is 18.2. The van der Waals surface area contributed by atoms with Crippen molar-refractivity contribution in [2.75, 3.05) is 16.8 Å². The van der Waals surface area contributed by atoms with E-state index in [0.717, 1.165) is 5.69 Å². The summed E-state index contributed by atoms with van der Waals surface area (Å²) in [6, 6.07) is 10.5. The minimum atomic E-state index is -3.04. The number of aromatic nitrogens is 2. The smallest absolute Gasteiger partial charge is 0.256 e. The van der Waals surface area contributed by atoms with Gasteiger partial charge in [-0.1, -0.05) is 39.0 Å². The number of carbonyl (C=O) groups is 1. The third-order valence-corrected chi connectivity index (χ3v) is 6.09. The van der Waals surface area contributed by atoms with Crippen LogP contribution in [0.25, 0.3) is 0 Å². The number of rotatable bonds is 3. The van der Waals surface area contributed by atoms with Crippen LogP contribution in [0.2, 0.25) is 0 Å². The highest BCUT2D eigenvalue weighted by Gasteiger charge is 2.32. The van der Waals surface area contributed by atoms with Crippen LogP contribution in [0.15, 0.2) is 36.4 Å². The van der Waals surface area contributed by atoms with Gasteiger partial charge in [0.25, 0.3) is 5.91 Å². The monoisotopic (exact) mass is 361 g/mol. The lowest BCUT2D eigenvalue weighted by Gasteiger charge is -2.15. The molecule has 0 spiro atoms. The van der Waals surface area contributed by atoms with E-state index in [0.29, 0.717) is 17.8 Å². The van der Waals surface area contributed by atoms with Gasteiger partial charge >= 0.3 is 0 Å². The standard InChI is InChI=1S/C18H23N3O3S/c1-18(2,3)15-11-16(19-17(22)13-7-5-4-6-8-13)21(20-15)14-9-10-25(23,24)12-14/h4-8,11,14H,9-10,12H2,1-3H3,(H,19,22). The topological polar surface area (TPSA) is 81.1 Å². The summed E-state index contributed by atoms with van der Waals surface area (Å²) in [5.41, 5.74) is 1.17. The zero-order valence-corrected chi connectivity index (χ0v) is 15.5. The first-order valence-corrected chi connectivity index (χ1v) is 10.1. The van der Waals surface area contributed by atoms with Gasteiger partial charge in [-0.2, -0.15) is 5.10 Å². The van der Waals surface area contributed by atoms with Crippen LogP contribution in [0.3, 0.4) is 0 Å². The molecule has 7 heteroatoms. The number of hydrogen-bond donors (Lipinski definition) is 1. The Morgan fingerprint density at radius 1 is 1.24 bits per heavy atom. The van der Waals surface area contributed by atoms with Crippen LogP contribution in [0, 0.1) is 0 Å². The molecule has 1 N–H and O–H groups in total. The number of nitrogens with zero attached hydrogens (tertiary/aromatic N) is 2. The van der Waals surface area contributed by atoms with Crippen molar-refractivity contribution in [3.05, 3.63) is 47.7 Å². The molecule has 134 valence electrons. The second kappa shape index (κ2) is 6.29. The van der Waals surface area contributed by atoms with Gasteiger partial charge in [0.2, 0.25) is 0 Å². The molecule has 1 saturated heterocycles. The summed E-state index contributed by atoms with van der Waals surface area (Å²) < 4.78 is 25.4. The van der Waals surface area contributed by atoms with E-state index in [4.69, 9.17) is 0 Å². The van der Waals surface area contributed by atoms with Crippen molar-refractivity contribution in [2.45, 2.75) is 38.6 Å². The first kappa shape index (κ1) is 17.7. The van der Waals surface area contributed by atoms with E-state index in [1.807, 2.05) is 32.9 Å². The van der Waals surface area contributed by atoms with Crippen LogP contribution in [0.5, 0.6) is 0 Å². The van der Waals surface area contributed by atoms with E-state index < -0.39 is 9.84 Å². The summed E-state index contributed by atoms with van der Waals surface area (Å²) in [5.74, 6) is 0.532. The van der Waals surface area contributed by atoms with Crippen LogP contribution in [0.4, 0.5) is 5.82 Å². The fraction of sp³-hybridized carbons (Fsp3) is 0.444. The summed E-state index contributed by atoms with van der Waals surface area (Å²) in [4.78, 5) is 12.5. The Hall–Kier alpha value is -2.15. The highest BCUT2D eigenvalue weighted by atomic mass is 32.2. The molecule has 6 nitrogen and oxygen atoms in total. The Balaban J connectivity index is 1.94. The lowest BCUT2D eigenvalue weighted by atomic mass is 9.92. The predicted molar refractivity (Wildman–Crippen MR) is 97.6 cm³/mol. The van der Waals surface area contributed by atoms with Crippen LogP contribution >= 0.6 is 0 Å². The molecule has 1 aliphatic heterocycles. The molecule has 1 unspecified atom stereocenters. The van der Waals surface area contributed by atoms with Crippen molar-refractivity contribution in [1.82, 2.24) is 9.78 Å². The number of hydrogen-bond acceptors (Lipinski definition) is 4. The minimum Gasteiger partial charge on any atom is -0.307 e. The molecular weight excluding hydrogens is 338 g/mol. The lowest BCUT2D eigenvalue weighted by molar-refractivity contribution is 0.102. The number of sulfone groups is 1. The van der Waals surface area contributed by atoms with Gasteiger partial charge in [-0.25, -0.2) is 13.1 Å².